The van der Waals surface area contributed by atoms with Crippen molar-refractivity contribution >= 4 is 17.9 Å². The van der Waals surface area contributed by atoms with Gasteiger partial charge in [0.05, 0.1) is 17.7 Å². The molecule has 0 radical (unpaired) electrons. The molecule has 0 spiro atoms. The molecule has 2 saturated heterocycles. The molecule has 2 fully saturated rings. The summed E-state index contributed by atoms with van der Waals surface area (Å²) < 4.78 is 5.16. The van der Waals surface area contributed by atoms with Crippen molar-refractivity contribution in [1.29, 1.82) is 0 Å². The fourth-order valence-electron chi connectivity index (χ4n) is 4.39. The predicted molar refractivity (Wildman–Crippen MR) is 85.6 cm³/mol. The van der Waals surface area contributed by atoms with Gasteiger partial charge in [-0.05, 0) is 44.7 Å². The molecule has 4 rings (SSSR count). The molecule has 3 amide bonds. The zero-order valence-electron chi connectivity index (χ0n) is 13.6. The molecule has 1 aromatic carbocycles. The van der Waals surface area contributed by atoms with Crippen LogP contribution in [0.2, 0.25) is 0 Å². The van der Waals surface area contributed by atoms with Crippen molar-refractivity contribution in [2.24, 2.45) is 0 Å². The quantitative estimate of drug-likeness (QED) is 0.782. The molecule has 3 aliphatic rings. The van der Waals surface area contributed by atoms with Crippen LogP contribution in [0.5, 0.6) is 0 Å². The van der Waals surface area contributed by atoms with Crippen LogP contribution in [0.25, 0.3) is 0 Å². The second-order valence-corrected chi connectivity index (χ2v) is 6.64. The normalized spacial score (nSPS) is 28.3. The highest BCUT2D eigenvalue weighted by Gasteiger charge is 2.49. The van der Waals surface area contributed by atoms with Gasteiger partial charge in [-0.2, -0.15) is 0 Å². The number of ether oxygens (including phenoxy) is 1. The van der Waals surface area contributed by atoms with Gasteiger partial charge in [-0.1, -0.05) is 12.1 Å². The van der Waals surface area contributed by atoms with Gasteiger partial charge >= 0.3 is 6.09 Å². The van der Waals surface area contributed by atoms with Crippen LogP contribution in [-0.4, -0.2) is 52.4 Å². The molecule has 2 atom stereocenters. The number of fused-ring (bicyclic) bond motifs is 3. The van der Waals surface area contributed by atoms with Crippen LogP contribution >= 0.6 is 0 Å². The fourth-order valence-corrected chi connectivity index (χ4v) is 4.39. The van der Waals surface area contributed by atoms with Crippen molar-refractivity contribution in [1.82, 2.24) is 9.80 Å². The van der Waals surface area contributed by atoms with Crippen LogP contribution in [0.3, 0.4) is 0 Å². The fraction of sp³-hybridized carbons (Fsp3) is 0.500. The number of benzene rings is 1. The SMILES string of the molecule is CCOC(=O)N1C2CCC1CC(N1C(=O)c3ccccc3C1=O)C2. The zero-order valence-corrected chi connectivity index (χ0v) is 13.6. The van der Waals surface area contributed by atoms with E-state index in [1.54, 1.807) is 31.2 Å². The van der Waals surface area contributed by atoms with Crippen LogP contribution in [0.1, 0.15) is 53.3 Å². The van der Waals surface area contributed by atoms with Crippen molar-refractivity contribution in [3.63, 3.8) is 0 Å². The Morgan fingerprint density at radius 2 is 1.58 bits per heavy atom. The van der Waals surface area contributed by atoms with Gasteiger partial charge in [-0.25, -0.2) is 4.79 Å². The highest BCUT2D eigenvalue weighted by atomic mass is 16.6. The summed E-state index contributed by atoms with van der Waals surface area (Å²) in [6.45, 7) is 2.15. The Morgan fingerprint density at radius 1 is 1.04 bits per heavy atom. The number of hydrogen-bond donors (Lipinski definition) is 0. The summed E-state index contributed by atoms with van der Waals surface area (Å²) in [5.74, 6) is -0.408. The van der Waals surface area contributed by atoms with E-state index in [9.17, 15) is 14.4 Å². The second-order valence-electron chi connectivity index (χ2n) is 6.64. The van der Waals surface area contributed by atoms with Crippen LogP contribution < -0.4 is 0 Å². The van der Waals surface area contributed by atoms with E-state index < -0.39 is 0 Å². The van der Waals surface area contributed by atoms with Crippen LogP contribution in [0.4, 0.5) is 4.79 Å². The Hall–Kier alpha value is -2.37. The molecule has 0 aromatic heterocycles. The van der Waals surface area contributed by atoms with Crippen molar-refractivity contribution < 1.29 is 19.1 Å². The first-order valence-corrected chi connectivity index (χ1v) is 8.53. The third-order valence-corrected chi connectivity index (χ3v) is 5.38. The van der Waals surface area contributed by atoms with E-state index in [0.29, 0.717) is 30.6 Å². The zero-order chi connectivity index (χ0) is 16.8. The molecular weight excluding hydrogens is 308 g/mol. The molecule has 0 aliphatic carbocycles. The number of amides is 3. The van der Waals surface area contributed by atoms with E-state index in [4.69, 9.17) is 4.74 Å². The Morgan fingerprint density at radius 3 is 2.08 bits per heavy atom. The van der Waals surface area contributed by atoms with Crippen molar-refractivity contribution in [2.45, 2.75) is 50.7 Å². The molecule has 3 aliphatic heterocycles. The van der Waals surface area contributed by atoms with Crippen LogP contribution in [0, 0.1) is 0 Å². The molecule has 3 heterocycles. The third kappa shape index (κ3) is 2.12. The maximum atomic E-state index is 12.7. The maximum absolute atomic E-state index is 12.7. The van der Waals surface area contributed by atoms with E-state index in [-0.39, 0.29) is 36.0 Å². The minimum absolute atomic E-state index is 0.0529. The summed E-state index contributed by atoms with van der Waals surface area (Å²) in [6.07, 6.45) is 2.82. The summed E-state index contributed by atoms with van der Waals surface area (Å²) in [7, 11) is 0. The molecule has 0 N–H and O–H groups in total. The number of carbonyl (C=O) groups excluding carboxylic acids is 3. The Labute approximate surface area is 140 Å². The standard InChI is InChI=1S/C18H20N2O4/c1-2-24-18(23)19-11-7-8-12(19)10-13(9-11)20-16(21)14-5-3-4-6-15(14)17(20)22/h3-6,11-13H,2,7-10H2,1H3. The summed E-state index contributed by atoms with van der Waals surface area (Å²) >= 11 is 0. The molecule has 126 valence electrons. The molecule has 24 heavy (non-hydrogen) atoms. The topological polar surface area (TPSA) is 66.9 Å². The molecule has 6 nitrogen and oxygen atoms in total. The lowest BCUT2D eigenvalue weighted by Crippen LogP contribution is -2.53. The smallest absolute Gasteiger partial charge is 0.410 e. The average molecular weight is 328 g/mol. The van der Waals surface area contributed by atoms with Crippen LogP contribution in [-0.2, 0) is 4.74 Å². The predicted octanol–water partition coefficient (Wildman–Crippen LogP) is 2.43. The number of piperidine rings is 1. The van der Waals surface area contributed by atoms with Gasteiger partial charge in [0.1, 0.15) is 0 Å². The van der Waals surface area contributed by atoms with E-state index in [1.807, 2.05) is 4.90 Å². The molecule has 1 aromatic rings. The molecular formula is C18H20N2O4. The van der Waals surface area contributed by atoms with Gasteiger partial charge in [-0.15, -0.1) is 0 Å². The van der Waals surface area contributed by atoms with E-state index in [0.717, 1.165) is 12.8 Å². The summed E-state index contributed by atoms with van der Waals surface area (Å²) in [5, 5.41) is 0. The number of hydrogen-bond acceptors (Lipinski definition) is 4. The van der Waals surface area contributed by atoms with Crippen molar-refractivity contribution in [2.75, 3.05) is 6.61 Å². The molecule has 2 unspecified atom stereocenters. The van der Waals surface area contributed by atoms with Gasteiger partial charge in [0.15, 0.2) is 0 Å². The highest BCUT2D eigenvalue weighted by molar-refractivity contribution is 6.21. The van der Waals surface area contributed by atoms with Gasteiger partial charge in [0, 0.05) is 18.1 Å². The average Bonchev–Trinajstić information content (AvgIpc) is 2.99. The number of rotatable bonds is 2. The van der Waals surface area contributed by atoms with Gasteiger partial charge in [0.25, 0.3) is 11.8 Å². The molecule has 0 saturated carbocycles. The maximum Gasteiger partial charge on any atom is 0.410 e. The minimum Gasteiger partial charge on any atom is -0.450 e. The first-order valence-electron chi connectivity index (χ1n) is 8.53. The number of carbonyl (C=O) groups is 3. The third-order valence-electron chi connectivity index (χ3n) is 5.38. The lowest BCUT2D eigenvalue weighted by molar-refractivity contribution is 0.0350. The lowest BCUT2D eigenvalue weighted by Gasteiger charge is -2.40. The monoisotopic (exact) mass is 328 g/mol. The summed E-state index contributed by atoms with van der Waals surface area (Å²) in [6, 6.07) is 6.94. The molecule has 6 heteroatoms. The Bertz CT molecular complexity index is 668. The first kappa shape index (κ1) is 15.2. The first-order chi connectivity index (χ1) is 11.6. The largest absolute Gasteiger partial charge is 0.450 e. The van der Waals surface area contributed by atoms with Gasteiger partial charge in [-0.3, -0.25) is 14.5 Å². The van der Waals surface area contributed by atoms with Crippen molar-refractivity contribution in [3.8, 4) is 0 Å². The minimum atomic E-state index is -0.272. The van der Waals surface area contributed by atoms with E-state index in [1.165, 1.54) is 4.90 Å². The lowest BCUT2D eigenvalue weighted by atomic mass is 9.96. The van der Waals surface area contributed by atoms with Gasteiger partial charge in [0.2, 0.25) is 0 Å². The number of imide groups is 1. The van der Waals surface area contributed by atoms with Gasteiger partial charge < -0.3 is 9.64 Å². The number of nitrogens with zero attached hydrogens (tertiary/aromatic N) is 2. The second kappa shape index (κ2) is 5.61. The van der Waals surface area contributed by atoms with E-state index in [2.05, 4.69) is 0 Å². The van der Waals surface area contributed by atoms with E-state index >= 15 is 0 Å². The summed E-state index contributed by atoms with van der Waals surface area (Å²) in [4.78, 5) is 40.7. The highest BCUT2D eigenvalue weighted by Crippen LogP contribution is 2.40. The summed E-state index contributed by atoms with van der Waals surface area (Å²) in [5.41, 5.74) is 0.977. The van der Waals surface area contributed by atoms with Crippen molar-refractivity contribution in [3.05, 3.63) is 35.4 Å². The van der Waals surface area contributed by atoms with Crippen LogP contribution in [0.15, 0.2) is 24.3 Å². The Balaban J connectivity index is 1.56. The molecule has 2 bridgehead atoms. The Kier molecular flexibility index (Phi) is 3.55.